The maximum atomic E-state index is 5.79. The smallest absolute Gasteiger partial charge is 0.105 e. The second-order valence-corrected chi connectivity index (χ2v) is 5.10. The molecule has 1 aliphatic heterocycles. The lowest BCUT2D eigenvalue weighted by atomic mass is 9.99. The fraction of sp³-hybridized carbons (Fsp3) is 0.733. The summed E-state index contributed by atoms with van der Waals surface area (Å²) in [5, 5.41) is 3.54. The summed E-state index contributed by atoms with van der Waals surface area (Å²) in [5.41, 5.74) is 0. The zero-order valence-electron chi connectivity index (χ0n) is 11.4. The quantitative estimate of drug-likeness (QED) is 0.808. The molecule has 18 heavy (non-hydrogen) atoms. The van der Waals surface area contributed by atoms with E-state index >= 15 is 0 Å². The first kappa shape index (κ1) is 13.6. The Morgan fingerprint density at radius 2 is 2.39 bits per heavy atom. The molecular weight excluding hydrogens is 226 g/mol. The molecule has 102 valence electrons. The summed E-state index contributed by atoms with van der Waals surface area (Å²) in [4.78, 5) is 0. The highest BCUT2D eigenvalue weighted by Crippen LogP contribution is 2.19. The number of ether oxygens (including phenoxy) is 1. The van der Waals surface area contributed by atoms with Gasteiger partial charge < -0.3 is 14.5 Å². The molecule has 0 radical (unpaired) electrons. The van der Waals surface area contributed by atoms with Crippen molar-refractivity contribution in [1.29, 1.82) is 0 Å². The van der Waals surface area contributed by atoms with Crippen molar-refractivity contribution in [2.45, 2.75) is 57.6 Å². The Morgan fingerprint density at radius 3 is 3.06 bits per heavy atom. The van der Waals surface area contributed by atoms with Crippen LogP contribution < -0.4 is 5.32 Å². The van der Waals surface area contributed by atoms with E-state index in [1.807, 2.05) is 6.07 Å². The van der Waals surface area contributed by atoms with E-state index in [0.717, 1.165) is 25.3 Å². The van der Waals surface area contributed by atoms with Gasteiger partial charge in [-0.25, -0.2) is 0 Å². The van der Waals surface area contributed by atoms with Crippen LogP contribution in [0.3, 0.4) is 0 Å². The third-order valence-corrected chi connectivity index (χ3v) is 3.63. The van der Waals surface area contributed by atoms with Crippen LogP contribution in [0.1, 0.15) is 44.8 Å². The van der Waals surface area contributed by atoms with Crippen molar-refractivity contribution in [1.82, 2.24) is 5.32 Å². The van der Waals surface area contributed by atoms with Crippen LogP contribution in [0.2, 0.25) is 0 Å². The third-order valence-electron chi connectivity index (χ3n) is 3.63. The summed E-state index contributed by atoms with van der Waals surface area (Å²) in [5.74, 6) is 1.07. The molecule has 1 N–H and O–H groups in total. The van der Waals surface area contributed by atoms with Gasteiger partial charge in [0.05, 0.1) is 12.4 Å². The van der Waals surface area contributed by atoms with E-state index in [4.69, 9.17) is 9.15 Å². The Bertz CT molecular complexity index is 304. The van der Waals surface area contributed by atoms with Gasteiger partial charge >= 0.3 is 0 Å². The normalized spacial score (nSPS) is 21.9. The van der Waals surface area contributed by atoms with Gasteiger partial charge in [0.2, 0.25) is 0 Å². The van der Waals surface area contributed by atoms with Crippen LogP contribution in [0.15, 0.2) is 22.8 Å². The van der Waals surface area contributed by atoms with E-state index in [1.165, 1.54) is 32.1 Å². The predicted octanol–water partition coefficient (Wildman–Crippen LogP) is 3.15. The molecule has 1 aromatic rings. The van der Waals surface area contributed by atoms with Gasteiger partial charge in [-0.3, -0.25) is 0 Å². The molecule has 0 aromatic carbocycles. The Morgan fingerprint density at radius 1 is 1.44 bits per heavy atom. The number of rotatable bonds is 7. The third kappa shape index (κ3) is 4.46. The van der Waals surface area contributed by atoms with Gasteiger partial charge in [0.1, 0.15) is 5.76 Å². The van der Waals surface area contributed by atoms with Crippen LogP contribution in [0.4, 0.5) is 0 Å². The molecule has 2 heterocycles. The monoisotopic (exact) mass is 251 g/mol. The molecule has 1 saturated heterocycles. The van der Waals surface area contributed by atoms with E-state index in [2.05, 4.69) is 18.3 Å². The minimum absolute atomic E-state index is 0.483. The average Bonchev–Trinajstić information content (AvgIpc) is 2.90. The van der Waals surface area contributed by atoms with Crippen molar-refractivity contribution in [2.75, 3.05) is 13.2 Å². The van der Waals surface area contributed by atoms with E-state index in [1.54, 1.807) is 6.26 Å². The average molecular weight is 251 g/mol. The zero-order valence-corrected chi connectivity index (χ0v) is 11.4. The van der Waals surface area contributed by atoms with E-state index in [-0.39, 0.29) is 0 Å². The van der Waals surface area contributed by atoms with Crippen LogP contribution >= 0.6 is 0 Å². The molecule has 0 bridgehead atoms. The fourth-order valence-electron chi connectivity index (χ4n) is 2.66. The lowest BCUT2D eigenvalue weighted by Crippen LogP contribution is -2.32. The van der Waals surface area contributed by atoms with Crippen LogP contribution in [0.5, 0.6) is 0 Å². The van der Waals surface area contributed by atoms with Crippen molar-refractivity contribution in [3.8, 4) is 0 Å². The first-order chi connectivity index (χ1) is 8.88. The molecule has 3 nitrogen and oxygen atoms in total. The number of hydrogen-bond donors (Lipinski definition) is 1. The highest BCUT2D eigenvalue weighted by atomic mass is 16.5. The van der Waals surface area contributed by atoms with E-state index < -0.39 is 0 Å². The zero-order chi connectivity index (χ0) is 12.6. The largest absolute Gasteiger partial charge is 0.469 e. The molecule has 0 amide bonds. The molecule has 0 saturated carbocycles. The minimum atomic E-state index is 0.483. The summed E-state index contributed by atoms with van der Waals surface area (Å²) in [6, 6.07) is 4.52. The molecule has 3 heteroatoms. The molecule has 0 aliphatic carbocycles. The Hall–Kier alpha value is -0.800. The van der Waals surface area contributed by atoms with Gasteiger partial charge in [0.15, 0.2) is 0 Å². The molecule has 1 aromatic heterocycles. The maximum Gasteiger partial charge on any atom is 0.105 e. The molecule has 2 unspecified atom stereocenters. The molecule has 1 aliphatic rings. The van der Waals surface area contributed by atoms with Gasteiger partial charge in [-0.2, -0.15) is 0 Å². The van der Waals surface area contributed by atoms with Gasteiger partial charge in [-0.05, 0) is 50.8 Å². The molecule has 1 fully saturated rings. The predicted molar refractivity (Wildman–Crippen MR) is 72.7 cm³/mol. The van der Waals surface area contributed by atoms with Gasteiger partial charge in [0.25, 0.3) is 0 Å². The maximum absolute atomic E-state index is 5.79. The summed E-state index contributed by atoms with van der Waals surface area (Å²) in [7, 11) is 0. The number of hydrogen-bond acceptors (Lipinski definition) is 3. The summed E-state index contributed by atoms with van der Waals surface area (Å²) in [6.45, 7) is 4.12. The highest BCUT2D eigenvalue weighted by molar-refractivity contribution is 5.00. The van der Waals surface area contributed by atoms with Crippen LogP contribution in [-0.4, -0.2) is 25.3 Å². The number of furan rings is 1. The summed E-state index contributed by atoms with van der Waals surface area (Å²) < 4.78 is 11.2. The second-order valence-electron chi connectivity index (χ2n) is 5.10. The lowest BCUT2D eigenvalue weighted by Gasteiger charge is -2.25. The SMILES string of the molecule is CCNC(CCC1CCCCO1)Cc1ccco1. The molecule has 2 rings (SSSR count). The van der Waals surface area contributed by atoms with Crippen molar-refractivity contribution in [2.24, 2.45) is 0 Å². The van der Waals surface area contributed by atoms with Crippen LogP contribution in [0, 0.1) is 0 Å². The standard InChI is InChI=1S/C15H25NO2/c1-2-16-13(12-15-7-5-11-18-15)8-9-14-6-3-4-10-17-14/h5,7,11,13-14,16H,2-4,6,8-10,12H2,1H3. The second kappa shape index (κ2) is 7.59. The molecule has 2 atom stereocenters. The van der Waals surface area contributed by atoms with Crippen LogP contribution in [0.25, 0.3) is 0 Å². The minimum Gasteiger partial charge on any atom is -0.469 e. The van der Waals surface area contributed by atoms with Crippen molar-refractivity contribution in [3.63, 3.8) is 0 Å². The van der Waals surface area contributed by atoms with Crippen molar-refractivity contribution >= 4 is 0 Å². The Kier molecular flexibility index (Phi) is 5.75. The topological polar surface area (TPSA) is 34.4 Å². The van der Waals surface area contributed by atoms with Crippen molar-refractivity contribution in [3.05, 3.63) is 24.2 Å². The molecule has 0 spiro atoms. The van der Waals surface area contributed by atoms with Crippen molar-refractivity contribution < 1.29 is 9.15 Å². The van der Waals surface area contributed by atoms with Gasteiger partial charge in [-0.15, -0.1) is 0 Å². The van der Waals surface area contributed by atoms with Gasteiger partial charge in [-0.1, -0.05) is 6.92 Å². The fourth-order valence-corrected chi connectivity index (χ4v) is 2.66. The Labute approximate surface area is 110 Å². The first-order valence-electron chi connectivity index (χ1n) is 7.26. The number of nitrogens with one attached hydrogen (secondary N) is 1. The Balaban J connectivity index is 1.74. The number of likely N-dealkylation sites (N-methyl/N-ethyl adjacent to an activating group) is 1. The first-order valence-corrected chi connectivity index (χ1v) is 7.26. The lowest BCUT2D eigenvalue weighted by molar-refractivity contribution is 0.00853. The van der Waals surface area contributed by atoms with E-state index in [0.29, 0.717) is 12.1 Å². The highest BCUT2D eigenvalue weighted by Gasteiger charge is 2.17. The van der Waals surface area contributed by atoms with Crippen LogP contribution in [-0.2, 0) is 11.2 Å². The van der Waals surface area contributed by atoms with Gasteiger partial charge in [0, 0.05) is 19.1 Å². The summed E-state index contributed by atoms with van der Waals surface area (Å²) in [6.07, 6.45) is 9.35. The van der Waals surface area contributed by atoms with E-state index in [9.17, 15) is 0 Å². The summed E-state index contributed by atoms with van der Waals surface area (Å²) >= 11 is 0. The molecular formula is C15H25NO2.